The lowest BCUT2D eigenvalue weighted by Crippen LogP contribution is -2.16. The average Bonchev–Trinajstić information content (AvgIpc) is 2.03. The van der Waals surface area contributed by atoms with E-state index in [1.54, 1.807) is 0 Å². The summed E-state index contributed by atoms with van der Waals surface area (Å²) in [6, 6.07) is 0. The summed E-state index contributed by atoms with van der Waals surface area (Å²) in [5.74, 6) is 1.45. The van der Waals surface area contributed by atoms with Gasteiger partial charge in [-0.2, -0.15) is 0 Å². The van der Waals surface area contributed by atoms with Crippen LogP contribution in [0.3, 0.4) is 0 Å². The van der Waals surface area contributed by atoms with Crippen molar-refractivity contribution in [3.63, 3.8) is 0 Å². The first-order valence-corrected chi connectivity index (χ1v) is 5.70. The zero-order valence-corrected chi connectivity index (χ0v) is 10.2. The van der Waals surface area contributed by atoms with Gasteiger partial charge >= 0.3 is 0 Å². The summed E-state index contributed by atoms with van der Waals surface area (Å²) in [5.41, 5.74) is 0. The van der Waals surface area contributed by atoms with Gasteiger partial charge in [-0.25, -0.2) is 0 Å². The topological polar surface area (TPSA) is 0 Å². The minimum Gasteiger partial charge on any atom is -0.0797 e. The molecule has 0 aromatic rings. The molecule has 0 aromatic carbocycles. The monoisotopic (exact) mass is 276 g/mol. The smallest absolute Gasteiger partial charge is 0.0552 e. The number of rotatable bonds is 2. The van der Waals surface area contributed by atoms with Crippen LogP contribution in [0.5, 0.6) is 0 Å². The summed E-state index contributed by atoms with van der Waals surface area (Å²) in [6.07, 6.45) is 10.6. The van der Waals surface area contributed by atoms with Crippen molar-refractivity contribution < 1.29 is 0 Å². The van der Waals surface area contributed by atoms with Gasteiger partial charge in [-0.15, -0.1) is 0 Å². The van der Waals surface area contributed by atoms with E-state index in [1.807, 2.05) is 0 Å². The second-order valence-electron chi connectivity index (χ2n) is 3.83. The molecule has 68 valence electrons. The Hall–Kier alpha value is 0.210. The molecule has 1 heteroatoms. The van der Waals surface area contributed by atoms with Crippen molar-refractivity contribution in [2.75, 3.05) is 0 Å². The standard InChI is InChI=1S/C11H17I/c1-4-9(2)10-5-7-11(3,12)8-6-10/h5-10H,4H2,1-3H3. The maximum Gasteiger partial charge on any atom is 0.0552 e. The van der Waals surface area contributed by atoms with Crippen molar-refractivity contribution >= 4 is 22.6 Å². The molecule has 0 amide bonds. The molecule has 0 saturated carbocycles. The van der Waals surface area contributed by atoms with Gasteiger partial charge in [-0.1, -0.05) is 67.2 Å². The predicted octanol–water partition coefficient (Wildman–Crippen LogP) is 3.97. The van der Waals surface area contributed by atoms with Crippen LogP contribution in [0, 0.1) is 11.8 Å². The molecule has 1 rings (SSSR count). The number of hydrogen-bond donors (Lipinski definition) is 0. The molecule has 0 heterocycles. The van der Waals surface area contributed by atoms with Crippen molar-refractivity contribution in [3.05, 3.63) is 24.3 Å². The highest BCUT2D eigenvalue weighted by Gasteiger charge is 2.19. The lowest BCUT2D eigenvalue weighted by molar-refractivity contribution is 0.478. The van der Waals surface area contributed by atoms with E-state index in [0.29, 0.717) is 5.92 Å². The molecule has 0 bridgehead atoms. The van der Waals surface area contributed by atoms with Crippen LogP contribution < -0.4 is 0 Å². The van der Waals surface area contributed by atoms with E-state index >= 15 is 0 Å². The van der Waals surface area contributed by atoms with Crippen LogP contribution in [0.1, 0.15) is 27.2 Å². The first-order chi connectivity index (χ1) is 5.55. The number of halogens is 1. The third-order valence-corrected chi connectivity index (χ3v) is 3.31. The zero-order valence-electron chi connectivity index (χ0n) is 8.05. The summed E-state index contributed by atoms with van der Waals surface area (Å²) in [7, 11) is 0. The Morgan fingerprint density at radius 1 is 1.42 bits per heavy atom. The van der Waals surface area contributed by atoms with Crippen LogP contribution in [0.15, 0.2) is 24.3 Å². The Bertz CT molecular complexity index is 185. The van der Waals surface area contributed by atoms with Crippen LogP contribution in [0.25, 0.3) is 0 Å². The first-order valence-electron chi connectivity index (χ1n) is 4.63. The Kier molecular flexibility index (Phi) is 3.38. The van der Waals surface area contributed by atoms with Crippen LogP contribution in [-0.4, -0.2) is 3.42 Å². The highest BCUT2D eigenvalue weighted by atomic mass is 127. The second-order valence-corrected chi connectivity index (χ2v) is 6.16. The van der Waals surface area contributed by atoms with Gasteiger partial charge in [0.05, 0.1) is 3.42 Å². The fourth-order valence-corrected chi connectivity index (χ4v) is 1.78. The molecule has 0 fully saturated rings. The minimum absolute atomic E-state index is 0.252. The lowest BCUT2D eigenvalue weighted by Gasteiger charge is -2.24. The van der Waals surface area contributed by atoms with Gasteiger partial charge in [0.15, 0.2) is 0 Å². The molecule has 0 spiro atoms. The summed E-state index contributed by atoms with van der Waals surface area (Å²) >= 11 is 2.46. The summed E-state index contributed by atoms with van der Waals surface area (Å²) in [6.45, 7) is 6.80. The van der Waals surface area contributed by atoms with Crippen LogP contribution >= 0.6 is 22.6 Å². The van der Waals surface area contributed by atoms with Crippen molar-refractivity contribution in [3.8, 4) is 0 Å². The predicted molar refractivity (Wildman–Crippen MR) is 63.7 cm³/mol. The Morgan fingerprint density at radius 2 is 1.92 bits per heavy atom. The Morgan fingerprint density at radius 3 is 2.33 bits per heavy atom. The Labute approximate surface area is 89.3 Å². The third kappa shape index (κ3) is 2.61. The maximum atomic E-state index is 2.46. The summed E-state index contributed by atoms with van der Waals surface area (Å²) < 4.78 is 0.252. The van der Waals surface area contributed by atoms with Crippen molar-refractivity contribution in [2.45, 2.75) is 30.6 Å². The highest BCUT2D eigenvalue weighted by Crippen LogP contribution is 2.30. The summed E-state index contributed by atoms with van der Waals surface area (Å²) in [5, 5.41) is 0. The van der Waals surface area contributed by atoms with Crippen LogP contribution in [0.2, 0.25) is 0 Å². The average molecular weight is 276 g/mol. The SMILES string of the molecule is CCC(C)C1C=CC(C)(I)C=C1. The van der Waals surface area contributed by atoms with Crippen molar-refractivity contribution in [1.29, 1.82) is 0 Å². The number of alkyl halides is 1. The first kappa shape index (κ1) is 10.3. The molecule has 0 aromatic heterocycles. The van der Waals surface area contributed by atoms with Crippen LogP contribution in [0.4, 0.5) is 0 Å². The van der Waals surface area contributed by atoms with E-state index in [2.05, 4.69) is 67.7 Å². The van der Waals surface area contributed by atoms with Gasteiger partial charge in [-0.3, -0.25) is 0 Å². The molecule has 1 aliphatic rings. The van der Waals surface area contributed by atoms with Gasteiger partial charge < -0.3 is 0 Å². The largest absolute Gasteiger partial charge is 0.0797 e. The molecule has 0 aliphatic heterocycles. The Balaban J connectivity index is 2.61. The zero-order chi connectivity index (χ0) is 9.19. The molecule has 0 nitrogen and oxygen atoms in total. The normalized spacial score (nSPS) is 36.8. The molecule has 1 aliphatic carbocycles. The molecule has 1 atom stereocenters. The second kappa shape index (κ2) is 3.95. The fourth-order valence-electron chi connectivity index (χ4n) is 1.37. The van der Waals surface area contributed by atoms with Gasteiger partial charge in [0.2, 0.25) is 0 Å². The van der Waals surface area contributed by atoms with E-state index < -0.39 is 0 Å². The molecule has 0 N–H and O–H groups in total. The number of allylic oxidation sites excluding steroid dienone is 4. The van der Waals surface area contributed by atoms with E-state index in [-0.39, 0.29) is 3.42 Å². The third-order valence-electron chi connectivity index (χ3n) is 2.59. The summed E-state index contributed by atoms with van der Waals surface area (Å²) in [4.78, 5) is 0. The molecule has 12 heavy (non-hydrogen) atoms. The highest BCUT2D eigenvalue weighted by molar-refractivity contribution is 14.1. The molecule has 0 radical (unpaired) electrons. The molecular formula is C11H17I. The van der Waals surface area contributed by atoms with Crippen molar-refractivity contribution in [1.82, 2.24) is 0 Å². The van der Waals surface area contributed by atoms with Gasteiger partial charge in [-0.05, 0) is 18.8 Å². The quantitative estimate of drug-likeness (QED) is 0.407. The van der Waals surface area contributed by atoms with E-state index in [0.717, 1.165) is 5.92 Å². The maximum absolute atomic E-state index is 2.46. The molecular weight excluding hydrogens is 259 g/mol. The van der Waals surface area contributed by atoms with Gasteiger partial charge in [0, 0.05) is 0 Å². The fraction of sp³-hybridized carbons (Fsp3) is 0.636. The minimum atomic E-state index is 0.252. The van der Waals surface area contributed by atoms with Crippen molar-refractivity contribution in [2.24, 2.45) is 11.8 Å². The number of hydrogen-bond acceptors (Lipinski definition) is 0. The molecule has 1 unspecified atom stereocenters. The van der Waals surface area contributed by atoms with E-state index in [4.69, 9.17) is 0 Å². The van der Waals surface area contributed by atoms with E-state index in [9.17, 15) is 0 Å². The van der Waals surface area contributed by atoms with Gasteiger partial charge in [0.1, 0.15) is 0 Å². The lowest BCUT2D eigenvalue weighted by atomic mass is 9.86. The van der Waals surface area contributed by atoms with E-state index in [1.165, 1.54) is 6.42 Å². The van der Waals surface area contributed by atoms with Crippen LogP contribution in [-0.2, 0) is 0 Å². The van der Waals surface area contributed by atoms with Gasteiger partial charge in [0.25, 0.3) is 0 Å². The molecule has 0 saturated heterocycles.